The molecule has 1 fully saturated rings. The summed E-state index contributed by atoms with van der Waals surface area (Å²) in [6.45, 7) is 1.56. The van der Waals surface area contributed by atoms with E-state index < -0.39 is 35.9 Å². The fourth-order valence-corrected chi connectivity index (χ4v) is 2.04. The third-order valence-electron chi connectivity index (χ3n) is 3.06. The minimum Gasteiger partial charge on any atom is -0.481 e. The van der Waals surface area contributed by atoms with Gasteiger partial charge in [0.25, 0.3) is 0 Å². The van der Waals surface area contributed by atoms with Crippen LogP contribution in [-0.4, -0.2) is 56.8 Å². The predicted octanol–water partition coefficient (Wildman–Crippen LogP) is -0.466. The van der Waals surface area contributed by atoms with Crippen molar-refractivity contribution in [2.75, 3.05) is 6.54 Å². The molecule has 7 heteroatoms. The fourth-order valence-electron chi connectivity index (χ4n) is 2.04. The molecule has 1 amide bonds. The van der Waals surface area contributed by atoms with E-state index in [-0.39, 0.29) is 25.8 Å². The Bertz CT molecular complexity index is 355. The summed E-state index contributed by atoms with van der Waals surface area (Å²) in [5, 5.41) is 26.9. The summed E-state index contributed by atoms with van der Waals surface area (Å²) in [6.07, 6.45) is -0.789. The number of nitrogens with zero attached hydrogens (tertiary/aromatic N) is 1. The van der Waals surface area contributed by atoms with Crippen molar-refractivity contribution < 1.29 is 29.7 Å². The highest BCUT2D eigenvalue weighted by atomic mass is 16.4. The van der Waals surface area contributed by atoms with Crippen LogP contribution in [0.3, 0.4) is 0 Å². The molecular weight excluding hydrogens is 242 g/mol. The molecule has 0 radical (unpaired) electrons. The normalized spacial score (nSPS) is 24.9. The van der Waals surface area contributed by atoms with Crippen molar-refractivity contribution in [3.63, 3.8) is 0 Å². The first-order valence-corrected chi connectivity index (χ1v) is 5.76. The monoisotopic (exact) mass is 259 g/mol. The Morgan fingerprint density at radius 1 is 1.33 bits per heavy atom. The highest BCUT2D eigenvalue weighted by Gasteiger charge is 2.40. The minimum atomic E-state index is -1.15. The van der Waals surface area contributed by atoms with Crippen LogP contribution in [0.2, 0.25) is 0 Å². The zero-order valence-corrected chi connectivity index (χ0v) is 10.1. The van der Waals surface area contributed by atoms with Gasteiger partial charge >= 0.3 is 11.9 Å². The zero-order chi connectivity index (χ0) is 13.9. The van der Waals surface area contributed by atoms with Gasteiger partial charge in [0.15, 0.2) is 0 Å². The molecule has 102 valence electrons. The Balaban J connectivity index is 2.64. The zero-order valence-electron chi connectivity index (χ0n) is 10.1. The first-order valence-electron chi connectivity index (χ1n) is 5.76. The Morgan fingerprint density at radius 3 is 2.44 bits per heavy atom. The molecule has 1 saturated heterocycles. The molecule has 0 spiro atoms. The van der Waals surface area contributed by atoms with Crippen molar-refractivity contribution in [1.82, 2.24) is 4.90 Å². The number of β-amino-alcohol motifs (C(OH)–C–C–N with tert-alkyl or cyclic N) is 1. The number of hydrogen-bond donors (Lipinski definition) is 3. The molecule has 1 aliphatic rings. The summed E-state index contributed by atoms with van der Waals surface area (Å²) in [7, 11) is 0. The molecule has 3 N–H and O–H groups in total. The molecule has 0 aromatic carbocycles. The first kappa shape index (κ1) is 14.4. The molecule has 1 rings (SSSR count). The van der Waals surface area contributed by atoms with Crippen molar-refractivity contribution in [2.45, 2.75) is 38.3 Å². The fraction of sp³-hybridized carbons (Fsp3) is 0.727. The average Bonchev–Trinajstić information content (AvgIpc) is 2.67. The minimum absolute atomic E-state index is 0.00673. The van der Waals surface area contributed by atoms with Crippen LogP contribution in [0.25, 0.3) is 0 Å². The quantitative estimate of drug-likeness (QED) is 0.615. The van der Waals surface area contributed by atoms with E-state index in [1.165, 1.54) is 0 Å². The number of carbonyl (C=O) groups excluding carboxylic acids is 1. The molecule has 1 aliphatic heterocycles. The second kappa shape index (κ2) is 5.81. The van der Waals surface area contributed by atoms with Crippen LogP contribution in [-0.2, 0) is 14.4 Å². The molecule has 0 saturated carbocycles. The lowest BCUT2D eigenvalue weighted by Gasteiger charge is -2.24. The second-order valence-corrected chi connectivity index (χ2v) is 4.57. The molecule has 1 unspecified atom stereocenters. The number of hydrogen-bond acceptors (Lipinski definition) is 4. The van der Waals surface area contributed by atoms with Gasteiger partial charge in [-0.15, -0.1) is 0 Å². The number of aliphatic carboxylic acids is 2. The molecule has 7 nitrogen and oxygen atoms in total. The summed E-state index contributed by atoms with van der Waals surface area (Å²) in [4.78, 5) is 34.5. The average molecular weight is 259 g/mol. The van der Waals surface area contributed by atoms with Gasteiger partial charge < -0.3 is 20.2 Å². The van der Waals surface area contributed by atoms with E-state index in [1.54, 1.807) is 6.92 Å². The lowest BCUT2D eigenvalue weighted by atomic mass is 10.0. The number of rotatable bonds is 5. The molecule has 0 bridgehead atoms. The molecule has 18 heavy (non-hydrogen) atoms. The number of carboxylic acid groups (broad SMARTS) is 2. The van der Waals surface area contributed by atoms with Gasteiger partial charge in [0.2, 0.25) is 5.91 Å². The molecule has 0 aliphatic carbocycles. The maximum atomic E-state index is 12.0. The lowest BCUT2D eigenvalue weighted by Crippen LogP contribution is -2.43. The van der Waals surface area contributed by atoms with Gasteiger partial charge in [-0.25, -0.2) is 4.79 Å². The number of likely N-dealkylation sites (tertiary alicyclic amines) is 1. The summed E-state index contributed by atoms with van der Waals surface area (Å²) >= 11 is 0. The molecule has 0 aromatic heterocycles. The van der Waals surface area contributed by atoms with Crippen LogP contribution in [0.1, 0.15) is 26.2 Å². The van der Waals surface area contributed by atoms with Gasteiger partial charge in [-0.3, -0.25) is 9.59 Å². The van der Waals surface area contributed by atoms with E-state index in [9.17, 15) is 19.5 Å². The summed E-state index contributed by atoms with van der Waals surface area (Å²) < 4.78 is 0. The molecule has 0 aromatic rings. The van der Waals surface area contributed by atoms with Gasteiger partial charge in [-0.05, 0) is 6.42 Å². The topological polar surface area (TPSA) is 115 Å². The highest BCUT2D eigenvalue weighted by Crippen LogP contribution is 2.22. The SMILES string of the molecule is CC(CCC(=O)O)C(=O)N1C[C@H](O)C[C@H]1C(=O)O. The van der Waals surface area contributed by atoms with E-state index in [0.717, 1.165) is 4.90 Å². The molecule has 3 atom stereocenters. The van der Waals surface area contributed by atoms with E-state index in [4.69, 9.17) is 10.2 Å². The van der Waals surface area contributed by atoms with Crippen molar-refractivity contribution in [1.29, 1.82) is 0 Å². The Morgan fingerprint density at radius 2 is 1.94 bits per heavy atom. The van der Waals surface area contributed by atoms with Gasteiger partial charge in [0, 0.05) is 25.3 Å². The number of carbonyl (C=O) groups is 3. The summed E-state index contributed by atoms with van der Waals surface area (Å²) in [6, 6.07) is -1.01. The highest BCUT2D eigenvalue weighted by molar-refractivity contribution is 5.86. The summed E-state index contributed by atoms with van der Waals surface area (Å²) in [5.41, 5.74) is 0. The van der Waals surface area contributed by atoms with Crippen LogP contribution in [0.15, 0.2) is 0 Å². The van der Waals surface area contributed by atoms with E-state index in [1.807, 2.05) is 0 Å². The number of aliphatic hydroxyl groups excluding tert-OH is 1. The van der Waals surface area contributed by atoms with Gasteiger partial charge in [-0.1, -0.05) is 6.92 Å². The van der Waals surface area contributed by atoms with Crippen LogP contribution in [0, 0.1) is 5.92 Å². The third-order valence-corrected chi connectivity index (χ3v) is 3.06. The van der Waals surface area contributed by atoms with Gasteiger partial charge in [0.05, 0.1) is 6.10 Å². The predicted molar refractivity (Wildman–Crippen MR) is 59.8 cm³/mol. The number of carboxylic acids is 2. The van der Waals surface area contributed by atoms with Crippen LogP contribution in [0.4, 0.5) is 0 Å². The van der Waals surface area contributed by atoms with Gasteiger partial charge in [-0.2, -0.15) is 0 Å². The Kier molecular flexibility index (Phi) is 4.66. The standard InChI is InChI=1S/C11H17NO6/c1-6(2-3-9(14)15)10(16)12-5-7(13)4-8(12)11(17)18/h6-8,13H,2-5H2,1H3,(H,14,15)(H,17,18)/t6?,7-,8+/m1/s1. The molecular formula is C11H17NO6. The maximum absolute atomic E-state index is 12.0. The van der Waals surface area contributed by atoms with Crippen molar-refractivity contribution >= 4 is 17.8 Å². The van der Waals surface area contributed by atoms with Crippen molar-refractivity contribution in [3.8, 4) is 0 Å². The Labute approximate surface area is 104 Å². The second-order valence-electron chi connectivity index (χ2n) is 4.57. The van der Waals surface area contributed by atoms with Crippen LogP contribution < -0.4 is 0 Å². The van der Waals surface area contributed by atoms with E-state index in [0.29, 0.717) is 0 Å². The smallest absolute Gasteiger partial charge is 0.326 e. The first-order chi connectivity index (χ1) is 8.32. The summed E-state index contributed by atoms with van der Waals surface area (Å²) in [5.74, 6) is -3.12. The van der Waals surface area contributed by atoms with Crippen LogP contribution >= 0.6 is 0 Å². The number of aliphatic hydroxyl groups is 1. The van der Waals surface area contributed by atoms with E-state index in [2.05, 4.69) is 0 Å². The van der Waals surface area contributed by atoms with Crippen LogP contribution in [0.5, 0.6) is 0 Å². The lowest BCUT2D eigenvalue weighted by molar-refractivity contribution is -0.150. The molecule has 1 heterocycles. The number of amides is 1. The van der Waals surface area contributed by atoms with E-state index >= 15 is 0 Å². The van der Waals surface area contributed by atoms with Crippen molar-refractivity contribution in [3.05, 3.63) is 0 Å². The largest absolute Gasteiger partial charge is 0.481 e. The van der Waals surface area contributed by atoms with Gasteiger partial charge in [0.1, 0.15) is 6.04 Å². The maximum Gasteiger partial charge on any atom is 0.326 e. The Hall–Kier alpha value is -1.63. The van der Waals surface area contributed by atoms with Crippen molar-refractivity contribution in [2.24, 2.45) is 5.92 Å². The third kappa shape index (κ3) is 3.43.